The molecule has 0 aliphatic rings. The van der Waals surface area contributed by atoms with Gasteiger partial charge in [-0.25, -0.2) is 5.43 Å². The van der Waals surface area contributed by atoms with Gasteiger partial charge in [0.2, 0.25) is 0 Å². The molecule has 0 saturated carbocycles. The van der Waals surface area contributed by atoms with E-state index in [4.69, 9.17) is 32.7 Å². The van der Waals surface area contributed by atoms with Crippen molar-refractivity contribution >= 4 is 46.1 Å². The summed E-state index contributed by atoms with van der Waals surface area (Å²) in [6.07, 6.45) is 1.56. The van der Waals surface area contributed by atoms with E-state index >= 15 is 0 Å². The minimum Gasteiger partial charge on any atom is -0.490 e. The molecular formula is C27H22Cl2N2O3. The lowest BCUT2D eigenvalue weighted by Crippen LogP contribution is -2.17. The van der Waals surface area contributed by atoms with Gasteiger partial charge in [-0.05, 0) is 65.7 Å². The summed E-state index contributed by atoms with van der Waals surface area (Å²) in [7, 11) is 0. The second-order valence-corrected chi connectivity index (χ2v) is 8.27. The molecule has 0 spiro atoms. The summed E-state index contributed by atoms with van der Waals surface area (Å²) in [5.41, 5.74) is 4.67. The highest BCUT2D eigenvalue weighted by atomic mass is 35.5. The third kappa shape index (κ3) is 5.87. The minimum absolute atomic E-state index is 0.269. The third-order valence-corrected chi connectivity index (χ3v) is 5.64. The van der Waals surface area contributed by atoms with Crippen LogP contribution in [0.3, 0.4) is 0 Å². The van der Waals surface area contributed by atoms with Crippen LogP contribution in [0.25, 0.3) is 10.8 Å². The molecule has 172 valence electrons. The van der Waals surface area contributed by atoms with Gasteiger partial charge in [0, 0.05) is 21.2 Å². The van der Waals surface area contributed by atoms with Crippen LogP contribution in [0, 0.1) is 0 Å². The number of benzene rings is 4. The van der Waals surface area contributed by atoms with Crippen LogP contribution in [0.1, 0.15) is 28.4 Å². The first-order chi connectivity index (χ1) is 16.5. The molecule has 4 aromatic carbocycles. The number of hydrogen-bond donors (Lipinski definition) is 1. The predicted octanol–water partition coefficient (Wildman–Crippen LogP) is 6.89. The van der Waals surface area contributed by atoms with E-state index in [9.17, 15) is 4.79 Å². The normalized spacial score (nSPS) is 11.0. The molecule has 0 saturated heterocycles. The Hall–Kier alpha value is -3.54. The maximum absolute atomic E-state index is 12.5. The number of carbonyl (C=O) groups excluding carboxylic acids is 1. The van der Waals surface area contributed by atoms with E-state index < -0.39 is 0 Å². The zero-order valence-electron chi connectivity index (χ0n) is 18.4. The zero-order chi connectivity index (χ0) is 23.9. The summed E-state index contributed by atoms with van der Waals surface area (Å²) in [5, 5.41) is 7.27. The Kier molecular flexibility index (Phi) is 7.68. The van der Waals surface area contributed by atoms with Crippen LogP contribution in [-0.4, -0.2) is 18.7 Å². The summed E-state index contributed by atoms with van der Waals surface area (Å²) in [6, 6.07) is 24.1. The summed E-state index contributed by atoms with van der Waals surface area (Å²) in [5.74, 6) is 0.856. The molecule has 0 aromatic heterocycles. The summed E-state index contributed by atoms with van der Waals surface area (Å²) >= 11 is 12.2. The summed E-state index contributed by atoms with van der Waals surface area (Å²) in [4.78, 5) is 12.5. The monoisotopic (exact) mass is 492 g/mol. The first kappa shape index (κ1) is 23.6. The van der Waals surface area contributed by atoms with Gasteiger partial charge >= 0.3 is 0 Å². The van der Waals surface area contributed by atoms with Gasteiger partial charge in [0.05, 0.1) is 12.8 Å². The molecule has 1 amide bonds. The molecule has 0 heterocycles. The van der Waals surface area contributed by atoms with Gasteiger partial charge in [-0.1, -0.05) is 59.6 Å². The topological polar surface area (TPSA) is 59.9 Å². The Bertz CT molecular complexity index is 1360. The van der Waals surface area contributed by atoms with Crippen LogP contribution in [0.5, 0.6) is 11.5 Å². The van der Waals surface area contributed by atoms with Crippen molar-refractivity contribution in [2.75, 3.05) is 6.61 Å². The molecule has 0 atom stereocenters. The second-order valence-electron chi connectivity index (χ2n) is 7.42. The lowest BCUT2D eigenvalue weighted by Gasteiger charge is -2.13. The van der Waals surface area contributed by atoms with Crippen LogP contribution in [-0.2, 0) is 6.61 Å². The van der Waals surface area contributed by atoms with Crippen molar-refractivity contribution in [2.24, 2.45) is 5.10 Å². The number of fused-ring (bicyclic) bond motifs is 1. The Morgan fingerprint density at radius 2 is 1.74 bits per heavy atom. The molecule has 0 fully saturated rings. The quantitative estimate of drug-likeness (QED) is 0.215. The van der Waals surface area contributed by atoms with Crippen LogP contribution < -0.4 is 14.9 Å². The predicted molar refractivity (Wildman–Crippen MR) is 137 cm³/mol. The van der Waals surface area contributed by atoms with E-state index in [1.807, 2.05) is 55.5 Å². The second kappa shape index (κ2) is 11.1. The molecule has 4 aromatic rings. The van der Waals surface area contributed by atoms with E-state index in [-0.39, 0.29) is 12.5 Å². The molecular weight excluding hydrogens is 471 g/mol. The third-order valence-electron chi connectivity index (χ3n) is 5.06. The van der Waals surface area contributed by atoms with Crippen molar-refractivity contribution in [2.45, 2.75) is 13.5 Å². The number of halogens is 2. The van der Waals surface area contributed by atoms with Crippen LogP contribution >= 0.6 is 23.2 Å². The van der Waals surface area contributed by atoms with E-state index in [0.717, 1.165) is 21.9 Å². The average Bonchev–Trinajstić information content (AvgIpc) is 2.84. The summed E-state index contributed by atoms with van der Waals surface area (Å²) in [6.45, 7) is 2.63. The van der Waals surface area contributed by atoms with Crippen LogP contribution in [0.2, 0.25) is 10.0 Å². The van der Waals surface area contributed by atoms with E-state index in [2.05, 4.69) is 10.5 Å². The Labute approximate surface area is 207 Å². The largest absolute Gasteiger partial charge is 0.490 e. The van der Waals surface area contributed by atoms with Crippen molar-refractivity contribution in [3.05, 3.63) is 106 Å². The lowest BCUT2D eigenvalue weighted by molar-refractivity contribution is 0.0955. The van der Waals surface area contributed by atoms with Gasteiger partial charge in [0.15, 0.2) is 11.5 Å². The molecule has 5 nitrogen and oxygen atoms in total. The first-order valence-electron chi connectivity index (χ1n) is 10.7. The SMILES string of the molecule is CCOc1cc(/C=N\NC(=O)c2ccc3ccccc3c2)ccc1OCc1ccc(Cl)cc1Cl. The molecule has 0 bridgehead atoms. The van der Waals surface area contributed by atoms with Crippen molar-refractivity contribution in [1.82, 2.24) is 5.43 Å². The highest BCUT2D eigenvalue weighted by Crippen LogP contribution is 2.30. The fraction of sp³-hybridized carbons (Fsp3) is 0.111. The zero-order valence-corrected chi connectivity index (χ0v) is 19.9. The average molecular weight is 493 g/mol. The Morgan fingerprint density at radius 1 is 0.912 bits per heavy atom. The lowest BCUT2D eigenvalue weighted by atomic mass is 10.1. The number of ether oxygens (including phenoxy) is 2. The maximum atomic E-state index is 12.5. The van der Waals surface area contributed by atoms with Crippen molar-refractivity contribution in [3.8, 4) is 11.5 Å². The van der Waals surface area contributed by atoms with Gasteiger partial charge in [-0.2, -0.15) is 5.10 Å². The minimum atomic E-state index is -0.285. The number of carbonyl (C=O) groups is 1. The van der Waals surface area contributed by atoms with Gasteiger partial charge in [0.25, 0.3) is 5.91 Å². The fourth-order valence-corrected chi connectivity index (χ4v) is 3.81. The van der Waals surface area contributed by atoms with Gasteiger partial charge in [-0.15, -0.1) is 0 Å². The highest BCUT2D eigenvalue weighted by molar-refractivity contribution is 6.35. The first-order valence-corrected chi connectivity index (χ1v) is 11.4. The molecule has 1 N–H and O–H groups in total. The maximum Gasteiger partial charge on any atom is 0.271 e. The van der Waals surface area contributed by atoms with Crippen molar-refractivity contribution in [3.63, 3.8) is 0 Å². The van der Waals surface area contributed by atoms with Gasteiger partial charge in [0.1, 0.15) is 6.61 Å². The van der Waals surface area contributed by atoms with Crippen LogP contribution in [0.15, 0.2) is 84.0 Å². The molecule has 4 rings (SSSR count). The van der Waals surface area contributed by atoms with Gasteiger partial charge < -0.3 is 9.47 Å². The molecule has 0 aliphatic carbocycles. The molecule has 0 aliphatic heterocycles. The number of nitrogens with one attached hydrogen (secondary N) is 1. The number of hydrogen-bond acceptors (Lipinski definition) is 4. The fourth-order valence-electron chi connectivity index (χ4n) is 3.35. The van der Waals surface area contributed by atoms with E-state index in [1.165, 1.54) is 0 Å². The molecule has 34 heavy (non-hydrogen) atoms. The number of hydrazone groups is 1. The number of nitrogens with zero attached hydrogens (tertiary/aromatic N) is 1. The molecule has 0 unspecified atom stereocenters. The molecule has 7 heteroatoms. The number of amides is 1. The smallest absolute Gasteiger partial charge is 0.271 e. The van der Waals surface area contributed by atoms with Crippen molar-refractivity contribution in [1.29, 1.82) is 0 Å². The van der Waals surface area contributed by atoms with E-state index in [0.29, 0.717) is 33.7 Å². The van der Waals surface area contributed by atoms with Crippen molar-refractivity contribution < 1.29 is 14.3 Å². The van der Waals surface area contributed by atoms with Gasteiger partial charge in [-0.3, -0.25) is 4.79 Å². The standard InChI is InChI=1S/C27H22Cl2N2O3/c1-2-33-26-13-18(7-12-25(26)34-17-22-10-11-23(28)15-24(22)29)16-30-31-27(32)21-9-8-19-5-3-4-6-20(19)14-21/h3-16H,2,17H2,1H3,(H,31,32)/b30-16-. The summed E-state index contributed by atoms with van der Waals surface area (Å²) < 4.78 is 11.6. The Balaban J connectivity index is 1.42. The van der Waals surface area contributed by atoms with Crippen LogP contribution in [0.4, 0.5) is 0 Å². The highest BCUT2D eigenvalue weighted by Gasteiger charge is 2.09. The Morgan fingerprint density at radius 3 is 2.53 bits per heavy atom. The van der Waals surface area contributed by atoms with E-state index in [1.54, 1.807) is 36.5 Å². The number of rotatable bonds is 8. The molecule has 0 radical (unpaired) electrons.